The molecule has 1 aliphatic carbocycles. The van der Waals surface area contributed by atoms with Gasteiger partial charge in [0.1, 0.15) is 11.5 Å². The smallest absolute Gasteiger partial charge is 0.262 e. The number of aromatic nitrogens is 2. The van der Waals surface area contributed by atoms with E-state index >= 15 is 0 Å². The average molecular weight is 1220 g/mol. The minimum atomic E-state index is -0.976. The maximum absolute atomic E-state index is 12.2. The van der Waals surface area contributed by atoms with Crippen molar-refractivity contribution in [3.63, 3.8) is 0 Å². The number of phenolic OH excluding ortho intramolecular Hbond substituents is 2. The van der Waals surface area contributed by atoms with Gasteiger partial charge in [-0.15, -0.1) is 8.07 Å². The Bertz CT molecular complexity index is 3290. The van der Waals surface area contributed by atoms with E-state index in [1.807, 2.05) is 24.3 Å². The third kappa shape index (κ3) is 12.6. The second-order valence-electron chi connectivity index (χ2n) is 22.3. The maximum Gasteiger partial charge on any atom is 0.262 e. The summed E-state index contributed by atoms with van der Waals surface area (Å²) in [6, 6.07) is 59.9. The van der Waals surface area contributed by atoms with Gasteiger partial charge in [0.05, 0.1) is 44.6 Å². The number of ether oxygens (including phenoxy) is 2. The Kier molecular flexibility index (Phi) is 19.3. The molecule has 8 aromatic carbocycles. The van der Waals surface area contributed by atoms with Crippen molar-refractivity contribution in [2.24, 2.45) is 11.8 Å². The molecule has 402 valence electrons. The van der Waals surface area contributed by atoms with Crippen LogP contribution in [0.1, 0.15) is 82.3 Å². The summed E-state index contributed by atoms with van der Waals surface area (Å²) in [6.07, 6.45) is 13.1. The molecule has 0 unspecified atom stereocenters. The molecule has 0 saturated heterocycles. The fourth-order valence-electron chi connectivity index (χ4n) is 11.9. The van der Waals surface area contributed by atoms with E-state index in [9.17, 15) is 10.2 Å². The van der Waals surface area contributed by atoms with Crippen molar-refractivity contribution in [1.29, 1.82) is 0 Å². The van der Waals surface area contributed by atoms with Crippen LogP contribution in [0.5, 0.6) is 23.0 Å². The molecule has 78 heavy (non-hydrogen) atoms. The Labute approximate surface area is 483 Å². The number of hydrogen-bond acceptors (Lipinski definition) is 2. The zero-order valence-corrected chi connectivity index (χ0v) is 51.5. The molecule has 11 rings (SSSR count). The first kappa shape index (κ1) is 57.8. The van der Waals surface area contributed by atoms with Crippen LogP contribution in [0.2, 0.25) is 19.1 Å². The molecule has 0 bridgehead atoms. The number of aliphatic hydroxyl groups is 2. The van der Waals surface area contributed by atoms with E-state index in [-0.39, 0.29) is 44.8 Å². The molecule has 2 atom stereocenters. The number of rotatable bonds is 17. The van der Waals surface area contributed by atoms with E-state index in [2.05, 4.69) is 195 Å². The maximum atomic E-state index is 12.2. The van der Waals surface area contributed by atoms with Crippen LogP contribution in [0.15, 0.2) is 170 Å². The Morgan fingerprint density at radius 3 is 1.22 bits per heavy atom. The average Bonchev–Trinajstić information content (AvgIpc) is 4.15. The van der Waals surface area contributed by atoms with Crippen LogP contribution >= 0.6 is 0 Å². The molecular weight excluding hydrogens is 1140 g/mol. The number of para-hydroxylation sites is 6. The van der Waals surface area contributed by atoms with Crippen molar-refractivity contribution in [3.8, 4) is 56.6 Å². The number of unbranched alkanes of at least 4 members (excludes halogenated alkanes) is 5. The van der Waals surface area contributed by atoms with Gasteiger partial charge in [0.15, 0.2) is 13.2 Å². The van der Waals surface area contributed by atoms with Crippen molar-refractivity contribution >= 4 is 51.7 Å². The summed E-state index contributed by atoms with van der Waals surface area (Å²) in [7, 11) is -0.976. The van der Waals surface area contributed by atoms with Crippen LogP contribution in [0.3, 0.4) is 0 Å². The van der Waals surface area contributed by atoms with Gasteiger partial charge in [-0.3, -0.25) is 0 Å². The number of nitrogens with zero attached hydrogens (tertiary/aromatic N) is 2. The van der Waals surface area contributed by atoms with Crippen LogP contribution in [-0.2, 0) is 25.8 Å². The molecule has 4 N–H and O–H groups in total. The number of hydrogen-bond donors (Lipinski definition) is 2. The molecule has 1 saturated carbocycles. The zero-order chi connectivity index (χ0) is 52.8. The molecule has 1 fully saturated rings. The fourth-order valence-corrected chi connectivity index (χ4v) is 13.1. The fraction of sp³-hybridized carbons (Fsp3) is 0.286. The Morgan fingerprint density at radius 2 is 0.833 bits per heavy atom. The molecule has 0 radical (unpaired) electrons. The van der Waals surface area contributed by atoms with Gasteiger partial charge in [0, 0.05) is 82.5 Å². The van der Waals surface area contributed by atoms with E-state index < -0.39 is 8.07 Å². The zero-order valence-electron chi connectivity index (χ0n) is 46.9. The van der Waals surface area contributed by atoms with E-state index in [0.717, 1.165) is 113 Å². The first-order valence-corrected chi connectivity index (χ1v) is 31.4. The molecule has 8 heteroatoms. The van der Waals surface area contributed by atoms with Crippen molar-refractivity contribution in [2.45, 2.75) is 104 Å². The standard InChI is InChI=1S/C58H50N2O4.C11H25Si.CH3.Hf/c1-37-31-47(57(61)53(33-37)59-49-25-11-5-19-41(49)42-20-6-12-26-50(42)59)45-23-9-15-29-55(45)63-35-39-17-3-4-18-40(39)36-64-56-30-16-10-24-46(56)48-32-38(2)34-54(58(48)62)60-51-27-13-7-21-43(51)44-22-8-14-28-52(44)60;1-5-6-7-8-9-10-11-12(2,3)4;;/h5-16,19-34,39-40,61-62H,3-4,17-18,35-36H2,1-2H3;2,5-11H2,1,3-4H3;1H3;/q;2*-1;/p+2/t39-,40-;;;/m0.../s1. The number of fused-ring (bicyclic) bond motifs is 6. The van der Waals surface area contributed by atoms with Gasteiger partial charge in [-0.1, -0.05) is 174 Å². The first-order chi connectivity index (χ1) is 37.0. The van der Waals surface area contributed by atoms with E-state index in [0.29, 0.717) is 25.0 Å². The predicted molar refractivity (Wildman–Crippen MR) is 331 cm³/mol. The Balaban J connectivity index is 0.000000515. The number of aromatic hydroxyl groups is 4. The second-order valence-corrected chi connectivity index (χ2v) is 27.1. The summed E-state index contributed by atoms with van der Waals surface area (Å²) in [6.45, 7) is 16.8. The third-order valence-electron chi connectivity index (χ3n) is 15.8. The minimum absolute atomic E-state index is 0. The van der Waals surface area contributed by atoms with Crippen LogP contribution in [0, 0.1) is 39.7 Å². The van der Waals surface area contributed by atoms with Crippen LogP contribution in [0.25, 0.3) is 77.2 Å². The quantitative estimate of drug-likeness (QED) is 0.0412. The van der Waals surface area contributed by atoms with E-state index in [4.69, 9.17) is 9.47 Å². The van der Waals surface area contributed by atoms with Crippen LogP contribution < -0.4 is 0 Å². The number of phenols is 2. The first-order valence-electron chi connectivity index (χ1n) is 28.0. The van der Waals surface area contributed by atoms with Gasteiger partial charge < -0.3 is 42.8 Å². The molecule has 2 aromatic heterocycles. The third-order valence-corrected chi connectivity index (χ3v) is 17.5. The van der Waals surface area contributed by atoms with Crippen molar-refractivity contribution < 1.29 is 45.5 Å². The molecular formula is C70H80HfN2O4Si. The van der Waals surface area contributed by atoms with Gasteiger partial charge in [-0.2, -0.15) is 0 Å². The monoisotopic (exact) mass is 1220 g/mol. The normalized spacial score (nSPS) is 14.4. The Hall–Kier alpha value is -6.35. The molecule has 0 spiro atoms. The number of benzene rings is 8. The molecule has 0 aliphatic heterocycles. The molecule has 6 nitrogen and oxygen atoms in total. The summed E-state index contributed by atoms with van der Waals surface area (Å²) < 4.78 is 15.1. The Morgan fingerprint density at radius 1 is 0.487 bits per heavy atom. The van der Waals surface area contributed by atoms with E-state index in [1.165, 1.54) is 57.4 Å². The SMILES string of the molecule is Cc1cc(-c2ccccc2[OH+]C[C@@H]2CCCC[C@H]2C[OH+]c2ccccc2-c2cc(C)cc(-n3c4ccccc4c4ccccc43)c2O)c(O)c(-n2c3ccccc3c3ccccc32)c1.[CH2-][Si](C)(C)CCCCCCCC.[CH3-].[Hf]. The van der Waals surface area contributed by atoms with Gasteiger partial charge in [-0.25, -0.2) is 0 Å². The molecule has 0 amide bonds. The van der Waals surface area contributed by atoms with Gasteiger partial charge in [-0.05, 0) is 98.5 Å². The molecule has 1 aliphatic rings. The molecule has 10 aromatic rings. The minimum Gasteiger partial charge on any atom is -0.582 e. The predicted octanol–water partition coefficient (Wildman–Crippen LogP) is 19.1. The van der Waals surface area contributed by atoms with Crippen LogP contribution in [-0.4, -0.2) is 50.1 Å². The van der Waals surface area contributed by atoms with Crippen molar-refractivity contribution in [3.05, 3.63) is 195 Å². The topological polar surface area (TPSA) is 75.9 Å². The summed E-state index contributed by atoms with van der Waals surface area (Å²) in [5, 5.41) is 29.1. The molecule has 2 heterocycles. The summed E-state index contributed by atoms with van der Waals surface area (Å²) in [5.74, 6) is 3.00. The summed E-state index contributed by atoms with van der Waals surface area (Å²) in [4.78, 5) is 0. The largest absolute Gasteiger partial charge is 0.582 e. The second kappa shape index (κ2) is 26.1. The summed E-state index contributed by atoms with van der Waals surface area (Å²) >= 11 is 0. The van der Waals surface area contributed by atoms with E-state index in [1.54, 1.807) is 0 Å². The van der Waals surface area contributed by atoms with Crippen molar-refractivity contribution in [1.82, 2.24) is 9.13 Å². The van der Waals surface area contributed by atoms with Crippen molar-refractivity contribution in [2.75, 3.05) is 13.2 Å². The van der Waals surface area contributed by atoms with Gasteiger partial charge in [0.25, 0.3) is 11.5 Å². The van der Waals surface area contributed by atoms with Crippen LogP contribution in [0.4, 0.5) is 0 Å². The van der Waals surface area contributed by atoms with Gasteiger partial charge in [0.2, 0.25) is 0 Å². The summed E-state index contributed by atoms with van der Waals surface area (Å²) in [5.41, 5.74) is 11.3. The van der Waals surface area contributed by atoms with Gasteiger partial charge >= 0.3 is 0 Å². The number of aryl methyl sites for hydroxylation is 2.